The van der Waals surface area contributed by atoms with Crippen LogP contribution in [0.5, 0.6) is 0 Å². The monoisotopic (exact) mass is 264 g/mol. The lowest BCUT2D eigenvalue weighted by atomic mass is 10.1. The van der Waals surface area contributed by atoms with Crippen LogP contribution in [-0.4, -0.2) is 32.4 Å². The number of anilines is 1. The minimum atomic E-state index is -0.0693. The molecule has 1 aromatic rings. The quantitative estimate of drug-likeness (QED) is 0.665. The second-order valence-electron chi connectivity index (χ2n) is 3.93. The molecule has 1 amide bonds. The number of benzene rings is 1. The molecule has 0 aliphatic rings. The Morgan fingerprint density at radius 3 is 2.78 bits per heavy atom. The van der Waals surface area contributed by atoms with Crippen LogP contribution >= 0.6 is 11.6 Å². The van der Waals surface area contributed by atoms with Crippen LogP contribution < -0.4 is 10.2 Å². The van der Waals surface area contributed by atoms with Crippen molar-refractivity contribution in [2.75, 3.05) is 31.4 Å². The predicted molar refractivity (Wildman–Crippen MR) is 76.0 cm³/mol. The van der Waals surface area contributed by atoms with Crippen molar-refractivity contribution in [3.63, 3.8) is 0 Å². The van der Waals surface area contributed by atoms with Crippen LogP contribution in [0.1, 0.15) is 12.0 Å². The van der Waals surface area contributed by atoms with E-state index in [1.165, 1.54) is 0 Å². The van der Waals surface area contributed by atoms with E-state index in [1.807, 2.05) is 43.3 Å². The van der Waals surface area contributed by atoms with E-state index in [0.717, 1.165) is 11.3 Å². The highest BCUT2D eigenvalue weighted by molar-refractivity contribution is 6.18. The third kappa shape index (κ3) is 4.68. The number of rotatable bonds is 4. The molecule has 0 heterocycles. The maximum Gasteiger partial charge on any atom is 0.221 e. The van der Waals surface area contributed by atoms with Crippen molar-refractivity contribution < 1.29 is 4.79 Å². The summed E-state index contributed by atoms with van der Waals surface area (Å²) in [5, 5.41) is 2.69. The number of halogens is 1. The van der Waals surface area contributed by atoms with E-state index in [9.17, 15) is 4.79 Å². The minimum absolute atomic E-state index is 0.0693. The number of alkyl halides is 1. The summed E-state index contributed by atoms with van der Waals surface area (Å²) in [6, 6.07) is 7.89. The summed E-state index contributed by atoms with van der Waals surface area (Å²) in [7, 11) is 3.95. The maximum atomic E-state index is 11.2. The van der Waals surface area contributed by atoms with Gasteiger partial charge in [-0.25, -0.2) is 0 Å². The molecular formula is C14H17ClN2O. The third-order valence-electron chi connectivity index (χ3n) is 2.30. The van der Waals surface area contributed by atoms with E-state index in [1.54, 1.807) is 0 Å². The number of nitrogens with one attached hydrogen (secondary N) is 1. The molecule has 4 heteroatoms. The number of nitrogens with zero attached hydrogens (tertiary/aromatic N) is 1. The third-order valence-corrected chi connectivity index (χ3v) is 2.49. The number of hydrogen-bond acceptors (Lipinski definition) is 2. The normalized spacial score (nSPS) is 9.28. The average Bonchev–Trinajstić information content (AvgIpc) is 2.35. The second-order valence-corrected chi connectivity index (χ2v) is 4.31. The number of hydrogen-bond donors (Lipinski definition) is 1. The van der Waals surface area contributed by atoms with Gasteiger partial charge in [-0.3, -0.25) is 4.79 Å². The minimum Gasteiger partial charge on any atom is -0.377 e. The summed E-state index contributed by atoms with van der Waals surface area (Å²) in [6.45, 7) is 0.345. The smallest absolute Gasteiger partial charge is 0.221 e. The number of para-hydroxylation sites is 1. The van der Waals surface area contributed by atoms with Crippen molar-refractivity contribution in [3.05, 3.63) is 29.8 Å². The van der Waals surface area contributed by atoms with Gasteiger partial charge in [-0.2, -0.15) is 0 Å². The van der Waals surface area contributed by atoms with Crippen LogP contribution in [0.3, 0.4) is 0 Å². The molecule has 0 aliphatic carbocycles. The molecule has 1 rings (SSSR count). The molecular weight excluding hydrogens is 248 g/mol. The molecule has 0 unspecified atom stereocenters. The van der Waals surface area contributed by atoms with Gasteiger partial charge in [0, 0.05) is 32.0 Å². The Balaban J connectivity index is 2.60. The predicted octanol–water partition coefficient (Wildman–Crippen LogP) is 1.85. The molecule has 0 aromatic heterocycles. The molecule has 0 aliphatic heterocycles. The summed E-state index contributed by atoms with van der Waals surface area (Å²) in [6.07, 6.45) is 0.331. The van der Waals surface area contributed by atoms with Crippen LogP contribution in [0, 0.1) is 11.8 Å². The Hall–Kier alpha value is -1.66. The van der Waals surface area contributed by atoms with E-state index in [2.05, 4.69) is 17.2 Å². The molecule has 96 valence electrons. The standard InChI is InChI=1S/C14H17ClN2O/c1-17(2)13-8-4-3-6-12(13)7-5-11-16-14(18)9-10-15/h3-4,6,8H,9-11H2,1-2H3,(H,16,18). The first-order chi connectivity index (χ1) is 8.65. The summed E-state index contributed by atoms with van der Waals surface area (Å²) < 4.78 is 0. The SMILES string of the molecule is CN(C)c1ccccc1C#CCNC(=O)CCCl. The van der Waals surface area contributed by atoms with Gasteiger partial charge >= 0.3 is 0 Å². The Morgan fingerprint density at radius 2 is 2.11 bits per heavy atom. The summed E-state index contributed by atoms with van der Waals surface area (Å²) >= 11 is 5.46. The van der Waals surface area contributed by atoms with Crippen LogP contribution in [0.2, 0.25) is 0 Å². The van der Waals surface area contributed by atoms with Crippen LogP contribution in [-0.2, 0) is 4.79 Å². The van der Waals surface area contributed by atoms with Gasteiger partial charge in [-0.05, 0) is 12.1 Å². The Bertz CT molecular complexity index is 460. The van der Waals surface area contributed by atoms with Crippen molar-refractivity contribution in [3.8, 4) is 11.8 Å². The zero-order valence-electron chi connectivity index (χ0n) is 10.7. The molecule has 1 aromatic carbocycles. The summed E-state index contributed by atoms with van der Waals surface area (Å²) in [5.74, 6) is 6.25. The summed E-state index contributed by atoms with van der Waals surface area (Å²) in [4.78, 5) is 13.2. The first-order valence-electron chi connectivity index (χ1n) is 5.73. The van der Waals surface area contributed by atoms with E-state index in [-0.39, 0.29) is 5.91 Å². The molecule has 0 bridgehead atoms. The molecule has 3 nitrogen and oxygen atoms in total. The fraction of sp³-hybridized carbons (Fsp3) is 0.357. The van der Waals surface area contributed by atoms with Gasteiger partial charge in [-0.1, -0.05) is 24.0 Å². The van der Waals surface area contributed by atoms with Crippen molar-refractivity contribution >= 4 is 23.2 Å². The molecule has 0 saturated heterocycles. The lowest BCUT2D eigenvalue weighted by Crippen LogP contribution is -2.23. The fourth-order valence-corrected chi connectivity index (χ4v) is 1.60. The first kappa shape index (κ1) is 14.4. The van der Waals surface area contributed by atoms with Gasteiger partial charge in [-0.15, -0.1) is 11.6 Å². The Labute approximate surface area is 113 Å². The van der Waals surface area contributed by atoms with Gasteiger partial charge in [0.2, 0.25) is 5.91 Å². The van der Waals surface area contributed by atoms with E-state index >= 15 is 0 Å². The van der Waals surface area contributed by atoms with Gasteiger partial charge in [0.05, 0.1) is 12.2 Å². The highest BCUT2D eigenvalue weighted by Gasteiger charge is 2.00. The Morgan fingerprint density at radius 1 is 1.39 bits per heavy atom. The fourth-order valence-electron chi connectivity index (χ4n) is 1.43. The second kappa shape index (κ2) is 7.62. The zero-order valence-corrected chi connectivity index (χ0v) is 11.4. The van der Waals surface area contributed by atoms with Gasteiger partial charge in [0.15, 0.2) is 0 Å². The van der Waals surface area contributed by atoms with Gasteiger partial charge in [0.1, 0.15) is 0 Å². The maximum absolute atomic E-state index is 11.2. The van der Waals surface area contributed by atoms with Crippen molar-refractivity contribution in [1.29, 1.82) is 0 Å². The molecule has 1 N–H and O–H groups in total. The van der Waals surface area contributed by atoms with Gasteiger partial charge in [0.25, 0.3) is 0 Å². The molecule has 0 radical (unpaired) electrons. The van der Waals surface area contributed by atoms with Crippen LogP contribution in [0.4, 0.5) is 5.69 Å². The lowest BCUT2D eigenvalue weighted by molar-refractivity contribution is -0.120. The van der Waals surface area contributed by atoms with Crippen LogP contribution in [0.25, 0.3) is 0 Å². The highest BCUT2D eigenvalue weighted by Crippen LogP contribution is 2.16. The summed E-state index contributed by atoms with van der Waals surface area (Å²) in [5.41, 5.74) is 2.02. The zero-order chi connectivity index (χ0) is 13.4. The van der Waals surface area contributed by atoms with Crippen molar-refractivity contribution in [1.82, 2.24) is 5.32 Å². The number of amides is 1. The van der Waals surface area contributed by atoms with Crippen molar-refractivity contribution in [2.45, 2.75) is 6.42 Å². The highest BCUT2D eigenvalue weighted by atomic mass is 35.5. The molecule has 0 saturated carbocycles. The molecule has 0 spiro atoms. The lowest BCUT2D eigenvalue weighted by Gasteiger charge is -2.13. The topological polar surface area (TPSA) is 32.3 Å². The molecule has 18 heavy (non-hydrogen) atoms. The number of carbonyl (C=O) groups is 1. The van der Waals surface area contributed by atoms with E-state index < -0.39 is 0 Å². The number of carbonyl (C=O) groups excluding carboxylic acids is 1. The van der Waals surface area contributed by atoms with E-state index in [0.29, 0.717) is 18.8 Å². The van der Waals surface area contributed by atoms with Crippen LogP contribution in [0.15, 0.2) is 24.3 Å². The molecule has 0 atom stereocenters. The molecule has 0 fully saturated rings. The Kier molecular flexibility index (Phi) is 6.10. The van der Waals surface area contributed by atoms with Gasteiger partial charge < -0.3 is 10.2 Å². The van der Waals surface area contributed by atoms with Crippen molar-refractivity contribution in [2.24, 2.45) is 0 Å². The average molecular weight is 265 g/mol. The largest absolute Gasteiger partial charge is 0.377 e. The van der Waals surface area contributed by atoms with E-state index in [4.69, 9.17) is 11.6 Å². The first-order valence-corrected chi connectivity index (χ1v) is 6.26.